The van der Waals surface area contributed by atoms with Crippen molar-refractivity contribution in [1.29, 1.82) is 0 Å². The van der Waals surface area contributed by atoms with Gasteiger partial charge in [0, 0.05) is 0 Å². The van der Waals surface area contributed by atoms with E-state index < -0.39 is 0 Å². The van der Waals surface area contributed by atoms with E-state index in [0.717, 1.165) is 12.8 Å². The molecule has 0 atom stereocenters. The summed E-state index contributed by atoms with van der Waals surface area (Å²) in [6.07, 6.45) is 15.3. The Balaban J connectivity index is 0.00000121. The van der Waals surface area contributed by atoms with E-state index in [9.17, 15) is 0 Å². The molecule has 2 aliphatic carbocycles. The largest absolute Gasteiger partial charge is 1.00 e. The Hall–Kier alpha value is -0.885. The van der Waals surface area contributed by atoms with E-state index in [2.05, 4.69) is 74.6 Å². The van der Waals surface area contributed by atoms with Crippen LogP contribution in [-0.2, 0) is 0 Å². The first kappa shape index (κ1) is 19.2. The van der Waals surface area contributed by atoms with E-state index in [1.165, 1.54) is 34.1 Å². The molecule has 0 radical (unpaired) electrons. The van der Waals surface area contributed by atoms with Crippen molar-refractivity contribution in [2.45, 2.75) is 26.7 Å². The van der Waals surface area contributed by atoms with Gasteiger partial charge in [-0.15, -0.1) is 83.7 Å². The van der Waals surface area contributed by atoms with Crippen LogP contribution in [0.2, 0.25) is 0 Å². The second-order valence-electron chi connectivity index (χ2n) is 5.73. The van der Waals surface area contributed by atoms with Gasteiger partial charge in [0.15, 0.2) is 0 Å². The predicted molar refractivity (Wildman–Crippen MR) is 86.2 cm³/mol. The topological polar surface area (TPSA) is 0 Å². The molecule has 0 heterocycles. The SMILES string of the molecule is CC1=CC=C[C-](c2cccc([C-]3C=CC=C(C)C3)c2)C1.[Li+].[Li+]. The molecule has 1 aromatic carbocycles. The third kappa shape index (κ3) is 4.55. The standard InChI is InChI=1S/C20H20.2Li/c1-15-6-3-8-17(12-15)19-10-5-11-20(14-19)18-9-4-7-16(2)13-18;;/h3-11,14H,12-13H2,1-2H3;;/q-2;2*+1. The van der Waals surface area contributed by atoms with Crippen LogP contribution in [0.1, 0.15) is 37.8 Å². The minimum absolute atomic E-state index is 0. The van der Waals surface area contributed by atoms with Crippen molar-refractivity contribution in [3.63, 3.8) is 0 Å². The summed E-state index contributed by atoms with van der Waals surface area (Å²) >= 11 is 0. The molecule has 3 rings (SSSR count). The van der Waals surface area contributed by atoms with Crippen LogP contribution >= 0.6 is 0 Å². The van der Waals surface area contributed by atoms with Gasteiger partial charge in [-0.05, 0) is 26.7 Å². The minimum Gasteiger partial charge on any atom is -0.146 e. The number of benzene rings is 1. The molecule has 0 saturated carbocycles. The van der Waals surface area contributed by atoms with Crippen LogP contribution in [-0.4, -0.2) is 0 Å². The van der Waals surface area contributed by atoms with Crippen LogP contribution in [0, 0.1) is 11.8 Å². The van der Waals surface area contributed by atoms with E-state index in [1.807, 2.05) is 0 Å². The average Bonchev–Trinajstić information content (AvgIpc) is 2.47. The van der Waals surface area contributed by atoms with Crippen molar-refractivity contribution in [3.05, 3.63) is 94.8 Å². The van der Waals surface area contributed by atoms with Crippen LogP contribution in [0.25, 0.3) is 0 Å². The zero-order chi connectivity index (χ0) is 13.9. The Morgan fingerprint density at radius 2 is 1.23 bits per heavy atom. The molecule has 0 N–H and O–H groups in total. The van der Waals surface area contributed by atoms with Gasteiger partial charge < -0.3 is 0 Å². The fourth-order valence-corrected chi connectivity index (χ4v) is 2.81. The molecule has 0 spiro atoms. The Labute approximate surface area is 158 Å². The quantitative estimate of drug-likeness (QED) is 0.497. The molecule has 0 saturated heterocycles. The second kappa shape index (κ2) is 8.67. The van der Waals surface area contributed by atoms with E-state index >= 15 is 0 Å². The van der Waals surface area contributed by atoms with Gasteiger partial charge in [-0.25, -0.2) is 0 Å². The zero-order valence-corrected chi connectivity index (χ0v) is 14.2. The van der Waals surface area contributed by atoms with E-state index in [1.54, 1.807) is 0 Å². The van der Waals surface area contributed by atoms with Gasteiger partial charge in [0.2, 0.25) is 0 Å². The number of allylic oxidation sites excluding steroid dienone is 8. The molecule has 102 valence electrons. The van der Waals surface area contributed by atoms with Gasteiger partial charge in [-0.1, -0.05) is 11.1 Å². The molecule has 2 aliphatic rings. The van der Waals surface area contributed by atoms with Gasteiger partial charge in [0.05, 0.1) is 0 Å². The molecule has 0 bridgehead atoms. The number of rotatable bonds is 2. The Bertz CT molecular complexity index is 569. The van der Waals surface area contributed by atoms with Crippen LogP contribution < -0.4 is 37.7 Å². The Morgan fingerprint density at radius 3 is 1.64 bits per heavy atom. The van der Waals surface area contributed by atoms with Crippen LogP contribution in [0.15, 0.2) is 71.9 Å². The third-order valence-corrected chi connectivity index (χ3v) is 3.90. The maximum Gasteiger partial charge on any atom is 1.00 e. The summed E-state index contributed by atoms with van der Waals surface area (Å²) in [6, 6.07) is 8.94. The molecule has 0 unspecified atom stereocenters. The molecule has 0 aromatic heterocycles. The Kier molecular flexibility index (Phi) is 7.55. The van der Waals surface area contributed by atoms with Gasteiger partial charge >= 0.3 is 37.7 Å². The summed E-state index contributed by atoms with van der Waals surface area (Å²) < 4.78 is 0. The predicted octanol–water partition coefficient (Wildman–Crippen LogP) is -0.648. The molecule has 1 aromatic rings. The van der Waals surface area contributed by atoms with Crippen LogP contribution in [0.5, 0.6) is 0 Å². The maximum atomic E-state index is 2.33. The summed E-state index contributed by atoms with van der Waals surface area (Å²) in [5.41, 5.74) is 5.55. The molecular weight excluding hydrogens is 254 g/mol. The van der Waals surface area contributed by atoms with Crippen molar-refractivity contribution in [2.75, 3.05) is 0 Å². The fourth-order valence-electron chi connectivity index (χ4n) is 2.81. The molecule has 0 nitrogen and oxygen atoms in total. The van der Waals surface area contributed by atoms with E-state index in [0.29, 0.717) is 0 Å². The number of hydrogen-bond acceptors (Lipinski definition) is 0. The van der Waals surface area contributed by atoms with Crippen LogP contribution in [0.4, 0.5) is 0 Å². The molecule has 22 heavy (non-hydrogen) atoms. The normalized spacial score (nSPS) is 16.5. The maximum absolute atomic E-state index is 2.33. The zero-order valence-electron chi connectivity index (χ0n) is 14.2. The Morgan fingerprint density at radius 1 is 0.773 bits per heavy atom. The van der Waals surface area contributed by atoms with Crippen molar-refractivity contribution in [3.8, 4) is 0 Å². The van der Waals surface area contributed by atoms with Gasteiger partial charge in [-0.3, -0.25) is 0 Å². The minimum atomic E-state index is 0. The fraction of sp³-hybridized carbons (Fsp3) is 0.200. The summed E-state index contributed by atoms with van der Waals surface area (Å²) in [4.78, 5) is 0. The van der Waals surface area contributed by atoms with Crippen molar-refractivity contribution in [1.82, 2.24) is 0 Å². The monoisotopic (exact) mass is 274 g/mol. The van der Waals surface area contributed by atoms with Crippen molar-refractivity contribution < 1.29 is 37.7 Å². The first-order valence-electron chi connectivity index (χ1n) is 7.22. The summed E-state index contributed by atoms with van der Waals surface area (Å²) in [5.74, 6) is 2.83. The first-order chi connectivity index (χ1) is 9.72. The van der Waals surface area contributed by atoms with E-state index in [4.69, 9.17) is 0 Å². The van der Waals surface area contributed by atoms with Gasteiger partial charge in [0.1, 0.15) is 0 Å². The summed E-state index contributed by atoms with van der Waals surface area (Å²) in [6.45, 7) is 4.39. The van der Waals surface area contributed by atoms with Crippen molar-refractivity contribution in [2.24, 2.45) is 0 Å². The average molecular weight is 274 g/mol. The molecule has 0 fully saturated rings. The summed E-state index contributed by atoms with van der Waals surface area (Å²) in [7, 11) is 0. The number of hydrogen-bond donors (Lipinski definition) is 0. The smallest absolute Gasteiger partial charge is 0.146 e. The molecule has 2 heteroatoms. The van der Waals surface area contributed by atoms with Gasteiger partial charge in [-0.2, -0.15) is 0 Å². The molecule has 0 aliphatic heterocycles. The second-order valence-corrected chi connectivity index (χ2v) is 5.73. The van der Waals surface area contributed by atoms with Crippen LogP contribution in [0.3, 0.4) is 0 Å². The molecular formula is C20H20Li2. The van der Waals surface area contributed by atoms with Gasteiger partial charge in [0.25, 0.3) is 0 Å². The van der Waals surface area contributed by atoms with E-state index in [-0.39, 0.29) is 37.7 Å². The van der Waals surface area contributed by atoms with Crippen molar-refractivity contribution >= 4 is 0 Å². The third-order valence-electron chi connectivity index (χ3n) is 3.90. The first-order valence-corrected chi connectivity index (χ1v) is 7.22. The molecule has 0 amide bonds. The summed E-state index contributed by atoms with van der Waals surface area (Å²) in [5, 5.41) is 0.